The number of hydrogen-bond donors (Lipinski definition) is 0. The molecule has 0 unspecified atom stereocenters. The SMILES string of the molecule is N#Cc1cc(-c2cccc3oc4ccccc4c23)cc(-n2c3ccccc3c3cc(C#N)ccc32)c1. The standard InChI is InChI=1S/C32H17N3O/c33-18-20-12-13-29-27(16-20)25-6-1-3-9-28(25)35(29)23-15-21(19-34)14-22(17-23)24-8-5-11-31-32(24)26-7-2-4-10-30(26)36-31/h1-17H. The average molecular weight is 460 g/mol. The summed E-state index contributed by atoms with van der Waals surface area (Å²) in [5, 5.41) is 23.6. The van der Waals surface area contributed by atoms with Crippen LogP contribution in [0.25, 0.3) is 60.6 Å². The normalized spacial score (nSPS) is 11.3. The van der Waals surface area contributed by atoms with Crippen molar-refractivity contribution in [1.29, 1.82) is 10.5 Å². The summed E-state index contributed by atoms with van der Waals surface area (Å²) < 4.78 is 8.28. The van der Waals surface area contributed by atoms with Gasteiger partial charge in [0, 0.05) is 27.2 Å². The maximum absolute atomic E-state index is 9.96. The molecule has 5 aromatic carbocycles. The number of para-hydroxylation sites is 2. The Kier molecular flexibility index (Phi) is 4.24. The molecular weight excluding hydrogens is 442 g/mol. The van der Waals surface area contributed by atoms with Gasteiger partial charge >= 0.3 is 0 Å². The van der Waals surface area contributed by atoms with E-state index in [0.717, 1.165) is 60.6 Å². The lowest BCUT2D eigenvalue weighted by Crippen LogP contribution is -1.96. The van der Waals surface area contributed by atoms with E-state index in [0.29, 0.717) is 11.1 Å². The van der Waals surface area contributed by atoms with E-state index in [1.807, 2.05) is 72.8 Å². The van der Waals surface area contributed by atoms with Crippen molar-refractivity contribution in [3.8, 4) is 29.0 Å². The summed E-state index contributed by atoms with van der Waals surface area (Å²) in [5.74, 6) is 0. The van der Waals surface area contributed by atoms with Crippen LogP contribution in [0.4, 0.5) is 0 Å². The molecule has 0 fully saturated rings. The molecule has 0 aliphatic heterocycles. The second-order valence-electron chi connectivity index (χ2n) is 8.85. The Labute approximate surface area is 206 Å². The molecule has 166 valence electrons. The third kappa shape index (κ3) is 2.86. The van der Waals surface area contributed by atoms with Gasteiger partial charge in [-0.1, -0.05) is 48.5 Å². The molecule has 0 aliphatic carbocycles. The molecule has 0 saturated carbocycles. The highest BCUT2D eigenvalue weighted by atomic mass is 16.3. The highest BCUT2D eigenvalue weighted by Gasteiger charge is 2.17. The van der Waals surface area contributed by atoms with E-state index in [-0.39, 0.29) is 0 Å². The fraction of sp³-hybridized carbons (Fsp3) is 0. The molecule has 2 aromatic heterocycles. The smallest absolute Gasteiger partial charge is 0.136 e. The van der Waals surface area contributed by atoms with Crippen molar-refractivity contribution in [2.24, 2.45) is 0 Å². The summed E-state index contributed by atoms with van der Waals surface area (Å²) in [4.78, 5) is 0. The molecular formula is C32H17N3O. The third-order valence-corrected chi connectivity index (χ3v) is 6.82. The van der Waals surface area contributed by atoms with Gasteiger partial charge in [-0.15, -0.1) is 0 Å². The van der Waals surface area contributed by atoms with E-state index in [1.165, 1.54) is 0 Å². The molecule has 36 heavy (non-hydrogen) atoms. The lowest BCUT2D eigenvalue weighted by atomic mass is 9.97. The lowest BCUT2D eigenvalue weighted by molar-refractivity contribution is 0.669. The summed E-state index contributed by atoms with van der Waals surface area (Å²) in [6.07, 6.45) is 0. The zero-order valence-electron chi connectivity index (χ0n) is 19.1. The average Bonchev–Trinajstić information content (AvgIpc) is 3.48. The zero-order chi connectivity index (χ0) is 24.2. The van der Waals surface area contributed by atoms with Crippen molar-refractivity contribution >= 4 is 43.7 Å². The van der Waals surface area contributed by atoms with E-state index >= 15 is 0 Å². The predicted molar refractivity (Wildman–Crippen MR) is 143 cm³/mol. The quantitative estimate of drug-likeness (QED) is 0.262. The van der Waals surface area contributed by atoms with Crippen molar-refractivity contribution in [1.82, 2.24) is 4.57 Å². The summed E-state index contributed by atoms with van der Waals surface area (Å²) in [6, 6.07) is 38.6. The van der Waals surface area contributed by atoms with Crippen LogP contribution in [0.5, 0.6) is 0 Å². The van der Waals surface area contributed by atoms with Gasteiger partial charge < -0.3 is 8.98 Å². The van der Waals surface area contributed by atoms with Crippen LogP contribution in [0.3, 0.4) is 0 Å². The summed E-state index contributed by atoms with van der Waals surface area (Å²) in [5.41, 5.74) is 7.72. The number of hydrogen-bond acceptors (Lipinski definition) is 3. The molecule has 0 aliphatic rings. The minimum absolute atomic E-state index is 0.576. The third-order valence-electron chi connectivity index (χ3n) is 6.82. The predicted octanol–water partition coefficient (Wildman–Crippen LogP) is 8.09. The van der Waals surface area contributed by atoms with Gasteiger partial charge in [0.25, 0.3) is 0 Å². The summed E-state index contributed by atoms with van der Waals surface area (Å²) >= 11 is 0. The molecule has 7 aromatic rings. The summed E-state index contributed by atoms with van der Waals surface area (Å²) in [6.45, 7) is 0. The largest absolute Gasteiger partial charge is 0.456 e. The highest BCUT2D eigenvalue weighted by Crippen LogP contribution is 2.39. The van der Waals surface area contributed by atoms with Gasteiger partial charge in [-0.05, 0) is 65.7 Å². The summed E-state index contributed by atoms with van der Waals surface area (Å²) in [7, 11) is 0. The molecule has 0 radical (unpaired) electrons. The van der Waals surface area contributed by atoms with Crippen LogP contribution in [-0.2, 0) is 0 Å². The van der Waals surface area contributed by atoms with Gasteiger partial charge in [0.1, 0.15) is 11.2 Å². The monoisotopic (exact) mass is 459 g/mol. The fourth-order valence-corrected chi connectivity index (χ4v) is 5.30. The highest BCUT2D eigenvalue weighted by molar-refractivity contribution is 6.13. The van der Waals surface area contributed by atoms with Crippen LogP contribution >= 0.6 is 0 Å². The van der Waals surface area contributed by atoms with E-state index in [4.69, 9.17) is 4.42 Å². The Morgan fingerprint density at radius 3 is 2.19 bits per heavy atom. The Balaban J connectivity index is 1.56. The van der Waals surface area contributed by atoms with Crippen LogP contribution in [0, 0.1) is 22.7 Å². The van der Waals surface area contributed by atoms with Gasteiger partial charge in [-0.25, -0.2) is 0 Å². The first kappa shape index (κ1) is 20.1. The van der Waals surface area contributed by atoms with Crippen LogP contribution in [-0.4, -0.2) is 4.57 Å². The van der Waals surface area contributed by atoms with E-state index in [1.54, 1.807) is 0 Å². The van der Waals surface area contributed by atoms with Gasteiger partial charge in [0.05, 0.1) is 34.3 Å². The van der Waals surface area contributed by atoms with Crippen molar-refractivity contribution < 1.29 is 4.42 Å². The minimum Gasteiger partial charge on any atom is -0.456 e. The number of benzene rings is 5. The number of aromatic nitrogens is 1. The van der Waals surface area contributed by atoms with Crippen LogP contribution in [0.2, 0.25) is 0 Å². The molecule has 0 N–H and O–H groups in total. The number of fused-ring (bicyclic) bond motifs is 6. The van der Waals surface area contributed by atoms with Crippen LogP contribution in [0.1, 0.15) is 11.1 Å². The van der Waals surface area contributed by atoms with Crippen molar-refractivity contribution in [2.75, 3.05) is 0 Å². The Hall–Kier alpha value is -5.32. The molecule has 2 heterocycles. The van der Waals surface area contributed by atoms with Gasteiger partial charge in [-0.3, -0.25) is 0 Å². The number of nitrogens with zero attached hydrogens (tertiary/aromatic N) is 3. The Morgan fingerprint density at radius 1 is 0.583 bits per heavy atom. The number of rotatable bonds is 2. The topological polar surface area (TPSA) is 65.7 Å². The molecule has 0 amide bonds. The zero-order valence-corrected chi connectivity index (χ0v) is 19.1. The van der Waals surface area contributed by atoms with E-state index < -0.39 is 0 Å². The van der Waals surface area contributed by atoms with Crippen molar-refractivity contribution in [2.45, 2.75) is 0 Å². The van der Waals surface area contributed by atoms with Crippen LogP contribution in [0.15, 0.2) is 108 Å². The number of nitriles is 2. The van der Waals surface area contributed by atoms with Crippen molar-refractivity contribution in [3.05, 3.63) is 114 Å². The van der Waals surface area contributed by atoms with E-state index in [9.17, 15) is 10.5 Å². The Bertz CT molecular complexity index is 2080. The molecule has 0 atom stereocenters. The first-order valence-electron chi connectivity index (χ1n) is 11.6. The van der Waals surface area contributed by atoms with E-state index in [2.05, 4.69) is 47.0 Å². The second-order valence-corrected chi connectivity index (χ2v) is 8.85. The van der Waals surface area contributed by atoms with Gasteiger partial charge in [0.2, 0.25) is 0 Å². The number of furan rings is 1. The lowest BCUT2D eigenvalue weighted by Gasteiger charge is -2.12. The fourth-order valence-electron chi connectivity index (χ4n) is 5.30. The van der Waals surface area contributed by atoms with Gasteiger partial charge in [-0.2, -0.15) is 10.5 Å². The molecule has 0 bridgehead atoms. The Morgan fingerprint density at radius 2 is 1.33 bits per heavy atom. The maximum Gasteiger partial charge on any atom is 0.136 e. The first-order valence-corrected chi connectivity index (χ1v) is 11.6. The first-order chi connectivity index (χ1) is 17.7. The molecule has 7 rings (SSSR count). The van der Waals surface area contributed by atoms with Gasteiger partial charge in [0.15, 0.2) is 0 Å². The minimum atomic E-state index is 0.576. The molecule has 0 spiro atoms. The second kappa shape index (κ2) is 7.60. The van der Waals surface area contributed by atoms with Crippen LogP contribution < -0.4 is 0 Å². The molecule has 0 saturated heterocycles. The van der Waals surface area contributed by atoms with Crippen molar-refractivity contribution in [3.63, 3.8) is 0 Å². The maximum atomic E-state index is 9.96. The molecule has 4 nitrogen and oxygen atoms in total. The molecule has 4 heteroatoms.